The Labute approximate surface area is 221 Å². The fourth-order valence-corrected chi connectivity index (χ4v) is 4.72. The van der Waals surface area contributed by atoms with Gasteiger partial charge in [-0.1, -0.05) is 28.6 Å². The van der Waals surface area contributed by atoms with Crippen LogP contribution in [-0.2, 0) is 0 Å². The van der Waals surface area contributed by atoms with Crippen molar-refractivity contribution < 1.29 is 0 Å². The molecule has 28 heavy (non-hydrogen) atoms. The van der Waals surface area contributed by atoms with Crippen LogP contribution in [-0.4, -0.2) is 44.5 Å². The smallest absolute Gasteiger partial charge is 0.198 e. The molecule has 1 aliphatic rings. The molecule has 0 saturated heterocycles. The summed E-state index contributed by atoms with van der Waals surface area (Å²) in [6.07, 6.45) is 0. The van der Waals surface area contributed by atoms with Crippen LogP contribution in [0.1, 0.15) is 0 Å². The van der Waals surface area contributed by atoms with Gasteiger partial charge in [0.25, 0.3) is 0 Å². The topological polar surface area (TPSA) is 92.9 Å². The normalized spacial score (nSPS) is 12.1. The summed E-state index contributed by atoms with van der Waals surface area (Å²) in [5, 5.41) is 12.5. The zero-order valence-corrected chi connectivity index (χ0v) is 23.4. The van der Waals surface area contributed by atoms with Crippen molar-refractivity contribution in [2.45, 2.75) is 27.4 Å². The second-order valence-corrected chi connectivity index (χ2v) is 11.5. The quantitative estimate of drug-likeness (QED) is 0.142. The molecule has 0 fully saturated rings. The summed E-state index contributed by atoms with van der Waals surface area (Å²) in [6, 6.07) is 0. The molecule has 0 bridgehead atoms. The highest BCUT2D eigenvalue weighted by molar-refractivity contribution is 8.04. The zero-order valence-electron chi connectivity index (χ0n) is 13.0. The van der Waals surface area contributed by atoms with Gasteiger partial charge in [-0.05, 0) is 35.0 Å². The summed E-state index contributed by atoms with van der Waals surface area (Å²) in [6.45, 7) is 0. The maximum atomic E-state index is 3.99. The van der Waals surface area contributed by atoms with E-state index in [0.29, 0.717) is 28.4 Å². The van der Waals surface area contributed by atoms with E-state index < -0.39 is 0 Å². The Kier molecular flexibility index (Phi) is 14.8. The van der Waals surface area contributed by atoms with E-state index in [-0.39, 0.29) is 0 Å². The van der Waals surface area contributed by atoms with Crippen LogP contribution in [0.25, 0.3) is 0 Å². The lowest BCUT2D eigenvalue weighted by Gasteiger charge is -2.02. The molecular weight excluding hydrogens is 593 g/mol. The Morgan fingerprint density at radius 3 is 1.61 bits per heavy atom. The van der Waals surface area contributed by atoms with Crippen LogP contribution in [0, 0.1) is 0 Å². The number of hydrogen-bond donors (Lipinski definition) is 8. The van der Waals surface area contributed by atoms with Gasteiger partial charge in [-0.2, -0.15) is 8.77 Å². The summed E-state index contributed by atoms with van der Waals surface area (Å²) in [5.74, 6) is 0.807. The molecule has 3 aromatic rings. The van der Waals surface area contributed by atoms with Gasteiger partial charge in [0.05, 0.1) is 5.88 Å². The highest BCUT2D eigenvalue weighted by Crippen LogP contribution is 2.19. The SMILES string of the molecule is SC1=NSCN1S.Sc1nnc(S)s1.Sc1nnsc1S.Sc1nsc(S)n1. The number of hydrogen-bond acceptors (Lipinski definition) is 19. The van der Waals surface area contributed by atoms with Gasteiger partial charge in [-0.25, -0.2) is 4.98 Å². The minimum absolute atomic E-state index is 0.495. The largest absolute Gasteiger partial charge is 0.285 e. The van der Waals surface area contributed by atoms with Gasteiger partial charge >= 0.3 is 0 Å². The highest BCUT2D eigenvalue weighted by atomic mass is 32.2. The van der Waals surface area contributed by atoms with Crippen molar-refractivity contribution in [3.05, 3.63) is 0 Å². The molecule has 4 heterocycles. The molecule has 0 aromatic carbocycles. The van der Waals surface area contributed by atoms with Crippen LogP contribution in [0.5, 0.6) is 0 Å². The molecule has 154 valence electrons. The lowest BCUT2D eigenvalue weighted by atomic mass is 11.0. The van der Waals surface area contributed by atoms with Crippen LogP contribution in [0.15, 0.2) is 31.8 Å². The minimum atomic E-state index is 0.495. The van der Waals surface area contributed by atoms with Crippen molar-refractivity contribution in [2.24, 2.45) is 4.40 Å². The molecule has 0 radical (unpaired) electrons. The molecule has 8 nitrogen and oxygen atoms in total. The number of thiol groups is 8. The molecule has 20 heteroatoms. The highest BCUT2D eigenvalue weighted by Gasteiger charge is 2.08. The molecule has 1 aliphatic heterocycles. The van der Waals surface area contributed by atoms with E-state index in [1.165, 1.54) is 46.3 Å². The first-order valence-corrected chi connectivity index (χ1v) is 13.0. The van der Waals surface area contributed by atoms with Crippen LogP contribution in [0.4, 0.5) is 0 Å². The van der Waals surface area contributed by atoms with E-state index in [1.54, 1.807) is 4.31 Å². The van der Waals surface area contributed by atoms with E-state index in [2.05, 4.69) is 135 Å². The maximum Gasteiger partial charge on any atom is 0.198 e. The van der Waals surface area contributed by atoms with Gasteiger partial charge in [0.2, 0.25) is 0 Å². The first-order valence-electron chi connectivity index (χ1n) is 6.17. The third kappa shape index (κ3) is 12.2. The predicted octanol–water partition coefficient (Wildman–Crippen LogP) is 4.38. The molecule has 0 spiro atoms. The van der Waals surface area contributed by atoms with Gasteiger partial charge in [0.1, 0.15) is 9.24 Å². The summed E-state index contributed by atoms with van der Waals surface area (Å²) in [7, 11) is 0. The number of amidine groups is 1. The molecule has 0 saturated carbocycles. The molecule has 0 atom stereocenters. The van der Waals surface area contributed by atoms with Crippen LogP contribution in [0.2, 0.25) is 0 Å². The second kappa shape index (κ2) is 15.2. The molecule has 4 rings (SSSR count). The van der Waals surface area contributed by atoms with Gasteiger partial charge in [-0.15, -0.1) is 104 Å². The first-order chi connectivity index (χ1) is 13.2. The summed E-state index contributed by atoms with van der Waals surface area (Å²) in [4.78, 5) is 3.75. The minimum Gasteiger partial charge on any atom is -0.285 e. The summed E-state index contributed by atoms with van der Waals surface area (Å²) >= 11 is 36.6. The Hall–Kier alpha value is 1.30. The van der Waals surface area contributed by atoms with Crippen molar-refractivity contribution in [3.8, 4) is 0 Å². The lowest BCUT2D eigenvalue weighted by molar-refractivity contribution is 0.861. The standard InChI is InChI=1S/C2H4N2S3.3C2H2N2S3/c5-2-3-7-1-4(2)6;5-1-3-4-2(6)7-1;5-1-3-2(6)7-4-1;5-1-2(6)7-4-3-1/h6H,1H2,(H,3,5);(H,3,5)(H,4,6);(H2,3,4,5,6);5-6H. The average molecular weight is 603 g/mol. The van der Waals surface area contributed by atoms with E-state index in [4.69, 9.17) is 0 Å². The Morgan fingerprint density at radius 1 is 0.821 bits per heavy atom. The van der Waals surface area contributed by atoms with Crippen molar-refractivity contribution in [3.63, 3.8) is 0 Å². The van der Waals surface area contributed by atoms with E-state index in [1.807, 2.05) is 0 Å². The Morgan fingerprint density at radius 2 is 1.46 bits per heavy atom. The first kappa shape index (κ1) is 27.3. The van der Waals surface area contributed by atoms with Gasteiger partial charge in [-0.3, -0.25) is 4.31 Å². The number of rotatable bonds is 0. The van der Waals surface area contributed by atoms with Crippen molar-refractivity contribution in [1.82, 2.24) is 33.4 Å². The number of nitrogens with zero attached hydrogens (tertiary/aromatic N) is 8. The molecule has 0 amide bonds. The van der Waals surface area contributed by atoms with Crippen molar-refractivity contribution in [1.29, 1.82) is 0 Å². The molecule has 0 aliphatic carbocycles. The second-order valence-electron chi connectivity index (χ2n) is 3.69. The van der Waals surface area contributed by atoms with E-state index in [0.717, 1.165) is 10.1 Å². The Balaban J connectivity index is 0.000000187. The summed E-state index contributed by atoms with van der Waals surface area (Å²) < 4.78 is 15.6. The molecule has 0 N–H and O–H groups in total. The predicted molar refractivity (Wildman–Crippen MR) is 143 cm³/mol. The van der Waals surface area contributed by atoms with E-state index >= 15 is 0 Å². The van der Waals surface area contributed by atoms with Gasteiger partial charge < -0.3 is 0 Å². The van der Waals surface area contributed by atoms with Crippen LogP contribution in [0.3, 0.4) is 0 Å². The maximum absolute atomic E-state index is 3.99. The summed E-state index contributed by atoms with van der Waals surface area (Å²) in [5.41, 5.74) is 0. The van der Waals surface area contributed by atoms with Crippen molar-refractivity contribution >= 4 is 153 Å². The molecular formula is C8H10N8S12. The molecule has 3 aromatic heterocycles. The number of aromatic nitrogens is 6. The monoisotopic (exact) mass is 602 g/mol. The van der Waals surface area contributed by atoms with Crippen LogP contribution >= 0.6 is 148 Å². The zero-order chi connectivity index (χ0) is 21.1. The van der Waals surface area contributed by atoms with Gasteiger partial charge in [0.15, 0.2) is 23.3 Å². The Bertz CT molecular complexity index is 772. The van der Waals surface area contributed by atoms with E-state index in [9.17, 15) is 0 Å². The van der Waals surface area contributed by atoms with Crippen molar-refractivity contribution in [2.75, 3.05) is 5.88 Å². The fourth-order valence-electron chi connectivity index (χ4n) is 0.844. The fraction of sp³-hybridized carbons (Fsp3) is 0.125. The van der Waals surface area contributed by atoms with Gasteiger partial charge in [0, 0.05) is 0 Å². The molecule has 0 unspecified atom stereocenters. The van der Waals surface area contributed by atoms with Crippen LogP contribution < -0.4 is 0 Å². The third-order valence-electron chi connectivity index (χ3n) is 1.82. The lowest BCUT2D eigenvalue weighted by Crippen LogP contribution is -2.08. The third-order valence-corrected chi connectivity index (χ3v) is 7.73. The average Bonchev–Trinajstić information content (AvgIpc) is 3.39.